The maximum atomic E-state index is 13.4. The second-order valence-electron chi connectivity index (χ2n) is 7.12. The molecular weight excluding hydrogens is 396 g/mol. The maximum absolute atomic E-state index is 13.4. The van der Waals surface area contributed by atoms with Gasteiger partial charge in [-0.25, -0.2) is 9.79 Å². The Morgan fingerprint density at radius 1 is 1.13 bits per heavy atom. The molecular formula is C24H22N2O3S. The number of nitrogens with zero attached hydrogens (tertiary/aromatic N) is 2. The molecule has 30 heavy (non-hydrogen) atoms. The molecule has 0 saturated carbocycles. The summed E-state index contributed by atoms with van der Waals surface area (Å²) in [7, 11) is 0. The van der Waals surface area contributed by atoms with Gasteiger partial charge in [0.25, 0.3) is 5.56 Å². The Kier molecular flexibility index (Phi) is 5.50. The third-order valence-electron chi connectivity index (χ3n) is 5.01. The van der Waals surface area contributed by atoms with Crippen LogP contribution in [0.15, 0.2) is 75.7 Å². The number of aryl methyl sites for hydroxylation is 1. The minimum absolute atomic E-state index is 0.164. The molecule has 0 N–H and O–H groups in total. The van der Waals surface area contributed by atoms with Crippen LogP contribution in [0.5, 0.6) is 0 Å². The lowest BCUT2D eigenvalue weighted by Crippen LogP contribution is -2.39. The van der Waals surface area contributed by atoms with Crippen LogP contribution in [0, 0.1) is 6.92 Å². The van der Waals surface area contributed by atoms with Gasteiger partial charge in [0.1, 0.15) is 0 Å². The van der Waals surface area contributed by atoms with Gasteiger partial charge < -0.3 is 4.74 Å². The van der Waals surface area contributed by atoms with E-state index in [1.807, 2.05) is 67.6 Å². The number of fused-ring (bicyclic) bond motifs is 1. The summed E-state index contributed by atoms with van der Waals surface area (Å²) >= 11 is 1.33. The van der Waals surface area contributed by atoms with E-state index in [2.05, 4.69) is 4.99 Å². The Morgan fingerprint density at radius 2 is 1.83 bits per heavy atom. The van der Waals surface area contributed by atoms with E-state index >= 15 is 0 Å². The fourth-order valence-corrected chi connectivity index (χ4v) is 4.60. The highest BCUT2D eigenvalue weighted by Crippen LogP contribution is 2.30. The van der Waals surface area contributed by atoms with Crippen molar-refractivity contribution < 1.29 is 9.53 Å². The van der Waals surface area contributed by atoms with Crippen LogP contribution in [0.4, 0.5) is 0 Å². The summed E-state index contributed by atoms with van der Waals surface area (Å²) in [6.07, 6.45) is 1.87. The first-order valence-corrected chi connectivity index (χ1v) is 10.6. The standard InChI is InChI=1S/C24H22N2O3S/c1-4-29-23(28)20-16(3)25-24-26(21(20)18-8-6-5-7-9-18)22(27)19(30-24)14-17-12-10-15(2)11-13-17/h5-14,21H,4H2,1-3H3/b19-14-. The summed E-state index contributed by atoms with van der Waals surface area (Å²) in [5, 5.41) is 0. The van der Waals surface area contributed by atoms with Gasteiger partial charge in [-0.15, -0.1) is 0 Å². The van der Waals surface area contributed by atoms with E-state index < -0.39 is 12.0 Å². The molecule has 6 heteroatoms. The predicted octanol–water partition coefficient (Wildman–Crippen LogP) is 3.11. The minimum Gasteiger partial charge on any atom is -0.463 e. The molecule has 152 valence electrons. The van der Waals surface area contributed by atoms with Crippen molar-refractivity contribution in [2.75, 3.05) is 6.61 Å². The van der Waals surface area contributed by atoms with Crippen molar-refractivity contribution >= 4 is 23.4 Å². The van der Waals surface area contributed by atoms with Crippen LogP contribution in [0.2, 0.25) is 0 Å². The smallest absolute Gasteiger partial charge is 0.338 e. The number of allylic oxidation sites excluding steroid dienone is 1. The van der Waals surface area contributed by atoms with E-state index in [0.717, 1.165) is 16.7 Å². The van der Waals surface area contributed by atoms with Gasteiger partial charge >= 0.3 is 5.97 Å². The average Bonchev–Trinajstić information content (AvgIpc) is 3.04. The minimum atomic E-state index is -0.568. The van der Waals surface area contributed by atoms with Crippen LogP contribution in [-0.2, 0) is 9.53 Å². The molecule has 1 aromatic heterocycles. The van der Waals surface area contributed by atoms with Gasteiger partial charge in [-0.2, -0.15) is 0 Å². The number of carbonyl (C=O) groups excluding carboxylic acids is 1. The Hall–Kier alpha value is -3.25. The molecule has 0 bridgehead atoms. The molecule has 0 aliphatic carbocycles. The molecule has 2 heterocycles. The zero-order valence-electron chi connectivity index (χ0n) is 17.1. The lowest BCUT2D eigenvalue weighted by molar-refractivity contribution is -0.139. The van der Waals surface area contributed by atoms with Gasteiger partial charge in [-0.3, -0.25) is 9.36 Å². The number of ether oxygens (including phenoxy) is 1. The second-order valence-corrected chi connectivity index (χ2v) is 8.13. The summed E-state index contributed by atoms with van der Waals surface area (Å²) in [6, 6.07) is 17.0. The van der Waals surface area contributed by atoms with Gasteiger partial charge in [0.15, 0.2) is 4.80 Å². The Labute approximate surface area is 178 Å². The van der Waals surface area contributed by atoms with Gasteiger partial charge in [-0.05, 0) is 38.0 Å². The zero-order valence-corrected chi connectivity index (χ0v) is 17.9. The molecule has 1 aliphatic heterocycles. The van der Waals surface area contributed by atoms with E-state index in [0.29, 0.717) is 20.6 Å². The molecule has 5 nitrogen and oxygen atoms in total. The summed E-state index contributed by atoms with van der Waals surface area (Å²) in [6.45, 7) is 5.84. The summed E-state index contributed by atoms with van der Waals surface area (Å²) in [4.78, 5) is 31.4. The van der Waals surface area contributed by atoms with E-state index in [1.54, 1.807) is 18.4 Å². The molecule has 2 aromatic carbocycles. The van der Waals surface area contributed by atoms with Crippen LogP contribution < -0.4 is 14.9 Å². The van der Waals surface area contributed by atoms with Crippen molar-refractivity contribution in [2.24, 2.45) is 4.99 Å². The van der Waals surface area contributed by atoms with Crippen LogP contribution in [-0.4, -0.2) is 17.1 Å². The molecule has 1 unspecified atom stereocenters. The first-order valence-electron chi connectivity index (χ1n) is 9.81. The maximum Gasteiger partial charge on any atom is 0.338 e. The first-order chi connectivity index (χ1) is 14.5. The second kappa shape index (κ2) is 8.24. The molecule has 0 fully saturated rings. The number of rotatable bonds is 4. The summed E-state index contributed by atoms with van der Waals surface area (Å²) in [5.74, 6) is -0.444. The van der Waals surface area contributed by atoms with E-state index in [4.69, 9.17) is 4.74 Å². The third kappa shape index (κ3) is 3.66. The Morgan fingerprint density at radius 3 is 2.50 bits per heavy atom. The molecule has 3 aromatic rings. The molecule has 4 rings (SSSR count). The topological polar surface area (TPSA) is 60.7 Å². The van der Waals surface area contributed by atoms with Crippen molar-refractivity contribution in [3.05, 3.63) is 102 Å². The van der Waals surface area contributed by atoms with Crippen molar-refractivity contribution in [1.82, 2.24) is 4.57 Å². The fourth-order valence-electron chi connectivity index (χ4n) is 3.56. The highest BCUT2D eigenvalue weighted by atomic mass is 32.1. The molecule has 0 spiro atoms. The van der Waals surface area contributed by atoms with E-state index in [-0.39, 0.29) is 12.2 Å². The molecule has 0 saturated heterocycles. The zero-order chi connectivity index (χ0) is 21.3. The van der Waals surface area contributed by atoms with Crippen molar-refractivity contribution in [3.63, 3.8) is 0 Å². The van der Waals surface area contributed by atoms with E-state index in [9.17, 15) is 9.59 Å². The Balaban J connectivity index is 1.94. The average molecular weight is 419 g/mol. The van der Waals surface area contributed by atoms with Gasteiger partial charge in [0.05, 0.1) is 28.5 Å². The fraction of sp³-hybridized carbons (Fsp3) is 0.208. The van der Waals surface area contributed by atoms with Crippen LogP contribution in [0.25, 0.3) is 6.08 Å². The number of thiazole rings is 1. The highest BCUT2D eigenvalue weighted by Gasteiger charge is 2.33. The van der Waals surface area contributed by atoms with Crippen molar-refractivity contribution in [1.29, 1.82) is 0 Å². The summed E-state index contributed by atoms with van der Waals surface area (Å²) in [5.41, 5.74) is 3.76. The highest BCUT2D eigenvalue weighted by molar-refractivity contribution is 7.07. The monoisotopic (exact) mass is 418 g/mol. The van der Waals surface area contributed by atoms with Crippen LogP contribution in [0.3, 0.4) is 0 Å². The van der Waals surface area contributed by atoms with Gasteiger partial charge in [0, 0.05) is 0 Å². The van der Waals surface area contributed by atoms with Crippen LogP contribution in [0.1, 0.15) is 36.6 Å². The normalized spacial score (nSPS) is 16.2. The largest absolute Gasteiger partial charge is 0.463 e. The Bertz CT molecular complexity index is 1300. The van der Waals surface area contributed by atoms with Crippen molar-refractivity contribution in [2.45, 2.75) is 26.8 Å². The number of carbonyl (C=O) groups is 1. The lowest BCUT2D eigenvalue weighted by Gasteiger charge is -2.24. The number of hydrogen-bond acceptors (Lipinski definition) is 5. The van der Waals surface area contributed by atoms with Gasteiger partial charge in [-0.1, -0.05) is 71.5 Å². The predicted molar refractivity (Wildman–Crippen MR) is 118 cm³/mol. The van der Waals surface area contributed by atoms with Crippen LogP contribution >= 0.6 is 11.3 Å². The quantitative estimate of drug-likeness (QED) is 0.612. The lowest BCUT2D eigenvalue weighted by atomic mass is 9.96. The molecule has 0 amide bonds. The number of aromatic nitrogens is 1. The van der Waals surface area contributed by atoms with E-state index in [1.165, 1.54) is 11.3 Å². The van der Waals surface area contributed by atoms with Gasteiger partial charge in [0.2, 0.25) is 0 Å². The number of benzene rings is 2. The van der Waals surface area contributed by atoms with Crippen molar-refractivity contribution in [3.8, 4) is 0 Å². The SMILES string of the molecule is CCOC(=O)C1=C(C)N=c2s/c(=C\c3ccc(C)cc3)c(=O)n2C1c1ccccc1. The molecule has 1 aliphatic rings. The third-order valence-corrected chi connectivity index (χ3v) is 5.99. The molecule has 1 atom stereocenters. The molecule has 0 radical (unpaired) electrons. The first kappa shape index (κ1) is 20.0. The summed E-state index contributed by atoms with van der Waals surface area (Å²) < 4.78 is 7.49. The number of esters is 1. The number of hydrogen-bond donors (Lipinski definition) is 0.